The van der Waals surface area contributed by atoms with Crippen molar-refractivity contribution in [3.63, 3.8) is 0 Å². The maximum atomic E-state index is 12.1. The van der Waals surface area contributed by atoms with Crippen LogP contribution in [0.5, 0.6) is 11.5 Å². The van der Waals surface area contributed by atoms with Crippen molar-refractivity contribution in [1.29, 1.82) is 0 Å². The smallest absolute Gasteiger partial charge is 0.321 e. The first-order chi connectivity index (χ1) is 11.6. The lowest BCUT2D eigenvalue weighted by Gasteiger charge is -2.21. The zero-order chi connectivity index (χ0) is 16.9. The van der Waals surface area contributed by atoms with E-state index in [1.54, 1.807) is 19.2 Å². The van der Waals surface area contributed by atoms with Gasteiger partial charge in [-0.15, -0.1) is 0 Å². The van der Waals surface area contributed by atoms with Gasteiger partial charge in [0.2, 0.25) is 0 Å². The summed E-state index contributed by atoms with van der Waals surface area (Å²) in [4.78, 5) is 13.7. The van der Waals surface area contributed by atoms with E-state index in [-0.39, 0.29) is 6.03 Å². The molecule has 1 unspecified atom stereocenters. The highest BCUT2D eigenvalue weighted by Crippen LogP contribution is 2.32. The molecule has 1 aliphatic carbocycles. The van der Waals surface area contributed by atoms with E-state index in [0.717, 1.165) is 18.6 Å². The van der Waals surface area contributed by atoms with Crippen LogP contribution in [0, 0.1) is 5.92 Å². The highest BCUT2D eigenvalue weighted by molar-refractivity contribution is 5.89. The molecule has 2 N–H and O–H groups in total. The van der Waals surface area contributed by atoms with Gasteiger partial charge in [0.05, 0.1) is 6.10 Å². The van der Waals surface area contributed by atoms with Crippen molar-refractivity contribution in [2.45, 2.75) is 18.9 Å². The van der Waals surface area contributed by atoms with Crippen LogP contribution < -0.4 is 10.1 Å². The van der Waals surface area contributed by atoms with E-state index in [1.807, 2.05) is 42.5 Å². The number of carbonyl (C=O) groups excluding carboxylic acids is 1. The molecular formula is C19H22N2O3. The average Bonchev–Trinajstić information content (AvgIpc) is 3.42. The maximum absolute atomic E-state index is 12.1. The van der Waals surface area contributed by atoms with Crippen molar-refractivity contribution >= 4 is 11.7 Å². The molecule has 5 nitrogen and oxygen atoms in total. The van der Waals surface area contributed by atoms with Gasteiger partial charge in [0.15, 0.2) is 0 Å². The first-order valence-electron chi connectivity index (χ1n) is 8.15. The number of urea groups is 1. The number of amides is 2. The summed E-state index contributed by atoms with van der Waals surface area (Å²) < 4.78 is 5.72. The van der Waals surface area contributed by atoms with Gasteiger partial charge in [-0.1, -0.05) is 18.2 Å². The van der Waals surface area contributed by atoms with Crippen LogP contribution in [0.1, 0.15) is 12.8 Å². The Morgan fingerprint density at radius 2 is 1.79 bits per heavy atom. The monoisotopic (exact) mass is 326 g/mol. The van der Waals surface area contributed by atoms with Crippen molar-refractivity contribution in [2.75, 3.05) is 18.9 Å². The summed E-state index contributed by atoms with van der Waals surface area (Å²) in [5.41, 5.74) is 0.688. The minimum atomic E-state index is -0.428. The number of anilines is 1. The predicted molar refractivity (Wildman–Crippen MR) is 93.3 cm³/mol. The number of nitrogens with zero attached hydrogens (tertiary/aromatic N) is 1. The molecule has 0 saturated heterocycles. The van der Waals surface area contributed by atoms with Crippen molar-refractivity contribution in [1.82, 2.24) is 4.90 Å². The molecule has 0 heterocycles. The van der Waals surface area contributed by atoms with E-state index in [2.05, 4.69) is 5.32 Å². The number of rotatable bonds is 6. The van der Waals surface area contributed by atoms with Gasteiger partial charge in [-0.2, -0.15) is 0 Å². The number of aliphatic hydroxyl groups excluding tert-OH is 1. The van der Waals surface area contributed by atoms with Crippen molar-refractivity contribution < 1.29 is 14.6 Å². The Hall–Kier alpha value is -2.53. The second-order valence-electron chi connectivity index (χ2n) is 6.15. The summed E-state index contributed by atoms with van der Waals surface area (Å²) in [6.07, 6.45) is 1.68. The third-order valence-electron chi connectivity index (χ3n) is 4.06. The molecule has 0 bridgehead atoms. The van der Waals surface area contributed by atoms with Gasteiger partial charge in [0.1, 0.15) is 11.5 Å². The Kier molecular flexibility index (Phi) is 5.01. The molecule has 0 spiro atoms. The number of aliphatic hydroxyl groups is 1. The molecule has 2 amide bonds. The minimum Gasteiger partial charge on any atom is -0.457 e. The van der Waals surface area contributed by atoms with Crippen LogP contribution in [-0.4, -0.2) is 35.7 Å². The molecule has 1 saturated carbocycles. The van der Waals surface area contributed by atoms with Gasteiger partial charge in [0.25, 0.3) is 0 Å². The molecular weight excluding hydrogens is 304 g/mol. The number of benzene rings is 2. The third-order valence-corrected chi connectivity index (χ3v) is 4.06. The molecule has 126 valence electrons. The number of hydrogen-bond acceptors (Lipinski definition) is 3. The van der Waals surface area contributed by atoms with Gasteiger partial charge < -0.3 is 20.1 Å². The van der Waals surface area contributed by atoms with Gasteiger partial charge in [0, 0.05) is 19.3 Å². The fourth-order valence-corrected chi connectivity index (χ4v) is 2.44. The Labute approximate surface area is 141 Å². The minimum absolute atomic E-state index is 0.230. The molecule has 3 rings (SSSR count). The van der Waals surface area contributed by atoms with Crippen molar-refractivity contribution in [3.8, 4) is 11.5 Å². The number of likely N-dealkylation sites (N-methyl/N-ethyl adjacent to an activating group) is 1. The average molecular weight is 326 g/mol. The lowest BCUT2D eigenvalue weighted by atomic mass is 10.2. The zero-order valence-corrected chi connectivity index (χ0v) is 13.7. The van der Waals surface area contributed by atoms with E-state index in [1.165, 1.54) is 4.90 Å². The van der Waals surface area contributed by atoms with E-state index in [0.29, 0.717) is 23.9 Å². The summed E-state index contributed by atoms with van der Waals surface area (Å²) in [5.74, 6) is 1.83. The summed E-state index contributed by atoms with van der Waals surface area (Å²) in [6, 6.07) is 16.5. The Morgan fingerprint density at radius 1 is 1.17 bits per heavy atom. The molecule has 0 radical (unpaired) electrons. The molecule has 0 aliphatic heterocycles. The lowest BCUT2D eigenvalue weighted by molar-refractivity contribution is 0.117. The number of hydrogen-bond donors (Lipinski definition) is 2. The molecule has 0 aromatic heterocycles. The van der Waals surface area contributed by atoms with E-state index >= 15 is 0 Å². The third kappa shape index (κ3) is 4.49. The first kappa shape index (κ1) is 16.3. The van der Waals surface area contributed by atoms with E-state index in [9.17, 15) is 9.90 Å². The predicted octanol–water partition coefficient (Wildman–Crippen LogP) is 3.71. The van der Waals surface area contributed by atoms with Crippen LogP contribution in [0.25, 0.3) is 0 Å². The fourth-order valence-electron chi connectivity index (χ4n) is 2.44. The summed E-state index contributed by atoms with van der Waals surface area (Å²) in [5, 5.41) is 12.7. The molecule has 1 atom stereocenters. The molecule has 24 heavy (non-hydrogen) atoms. The highest BCUT2D eigenvalue weighted by atomic mass is 16.5. The normalized spacial score (nSPS) is 14.8. The molecule has 5 heteroatoms. The van der Waals surface area contributed by atoms with Gasteiger partial charge in [-0.3, -0.25) is 0 Å². The SMILES string of the molecule is CN(CC(O)C1CC1)C(=O)Nc1ccc(Oc2ccccc2)cc1. The second kappa shape index (κ2) is 7.36. The largest absolute Gasteiger partial charge is 0.457 e. The van der Waals surface area contributed by atoms with E-state index < -0.39 is 6.10 Å². The van der Waals surface area contributed by atoms with Crippen LogP contribution >= 0.6 is 0 Å². The van der Waals surface area contributed by atoms with Gasteiger partial charge in [-0.25, -0.2) is 4.79 Å². The van der Waals surface area contributed by atoms with Gasteiger partial charge in [-0.05, 0) is 55.2 Å². The summed E-state index contributed by atoms with van der Waals surface area (Å²) in [6.45, 7) is 0.353. The molecule has 1 fully saturated rings. The molecule has 2 aromatic carbocycles. The standard InChI is InChI=1S/C19H22N2O3/c1-21(13-18(22)14-7-8-14)19(23)20-15-9-11-17(12-10-15)24-16-5-3-2-4-6-16/h2-6,9-12,14,18,22H,7-8,13H2,1H3,(H,20,23). The first-order valence-corrected chi connectivity index (χ1v) is 8.15. The number of nitrogens with one attached hydrogen (secondary N) is 1. The van der Waals surface area contributed by atoms with Gasteiger partial charge >= 0.3 is 6.03 Å². The van der Waals surface area contributed by atoms with Crippen molar-refractivity contribution in [3.05, 3.63) is 54.6 Å². The molecule has 1 aliphatic rings. The zero-order valence-electron chi connectivity index (χ0n) is 13.7. The van der Waals surface area contributed by atoms with Crippen LogP contribution in [-0.2, 0) is 0 Å². The Morgan fingerprint density at radius 3 is 2.42 bits per heavy atom. The molecule has 2 aromatic rings. The Bertz CT molecular complexity index is 669. The summed E-state index contributed by atoms with van der Waals surface area (Å²) >= 11 is 0. The fraction of sp³-hybridized carbons (Fsp3) is 0.316. The topological polar surface area (TPSA) is 61.8 Å². The summed E-state index contributed by atoms with van der Waals surface area (Å²) in [7, 11) is 1.69. The van der Waals surface area contributed by atoms with Crippen LogP contribution in [0.2, 0.25) is 0 Å². The number of ether oxygens (including phenoxy) is 1. The van der Waals surface area contributed by atoms with Crippen molar-refractivity contribution in [2.24, 2.45) is 5.92 Å². The maximum Gasteiger partial charge on any atom is 0.321 e. The Balaban J connectivity index is 1.52. The highest BCUT2D eigenvalue weighted by Gasteiger charge is 2.31. The van der Waals surface area contributed by atoms with Crippen LogP contribution in [0.3, 0.4) is 0 Å². The number of carbonyl (C=O) groups is 1. The lowest BCUT2D eigenvalue weighted by Crippen LogP contribution is -2.37. The van der Waals surface area contributed by atoms with Crippen LogP contribution in [0.4, 0.5) is 10.5 Å². The number of para-hydroxylation sites is 1. The second-order valence-corrected chi connectivity index (χ2v) is 6.15. The van der Waals surface area contributed by atoms with E-state index in [4.69, 9.17) is 4.74 Å². The van der Waals surface area contributed by atoms with Crippen LogP contribution in [0.15, 0.2) is 54.6 Å². The quantitative estimate of drug-likeness (QED) is 0.850.